The highest BCUT2D eigenvalue weighted by atomic mass is 35.5. The molecule has 0 bridgehead atoms. The van der Waals surface area contributed by atoms with Gasteiger partial charge < -0.3 is 4.52 Å². The van der Waals surface area contributed by atoms with Crippen LogP contribution in [0.2, 0.25) is 5.02 Å². The van der Waals surface area contributed by atoms with Crippen molar-refractivity contribution >= 4 is 21.6 Å². The molecule has 0 N–H and O–H groups in total. The zero-order chi connectivity index (χ0) is 17.2. The predicted octanol–water partition coefficient (Wildman–Crippen LogP) is 1.86. The Hall–Kier alpha value is -1.48. The summed E-state index contributed by atoms with van der Waals surface area (Å²) in [5, 5.41) is 4.55. The van der Waals surface area contributed by atoms with Crippen LogP contribution in [0.1, 0.15) is 12.7 Å². The Morgan fingerprint density at radius 3 is 2.58 bits per heavy atom. The number of sulfonamides is 1. The molecule has 0 radical (unpaired) electrons. The van der Waals surface area contributed by atoms with Crippen molar-refractivity contribution in [2.75, 3.05) is 31.9 Å². The van der Waals surface area contributed by atoms with E-state index in [1.807, 2.05) is 18.2 Å². The first kappa shape index (κ1) is 17.3. The molecule has 1 aliphatic rings. The van der Waals surface area contributed by atoms with E-state index in [9.17, 15) is 8.42 Å². The molecule has 0 amide bonds. The number of halogens is 1. The summed E-state index contributed by atoms with van der Waals surface area (Å²) in [4.78, 5) is 6.50. The van der Waals surface area contributed by atoms with Crippen molar-refractivity contribution in [3.05, 3.63) is 35.1 Å². The van der Waals surface area contributed by atoms with Gasteiger partial charge in [0.05, 0.1) is 22.9 Å². The number of hydrogen-bond acceptors (Lipinski definition) is 6. The second-order valence-electron chi connectivity index (χ2n) is 5.57. The lowest BCUT2D eigenvalue weighted by atomic mass is 10.2. The topological polar surface area (TPSA) is 79.5 Å². The van der Waals surface area contributed by atoms with Gasteiger partial charge in [-0.15, -0.1) is 0 Å². The third-order valence-corrected chi connectivity index (χ3v) is 6.24. The smallest absolute Gasteiger partial charge is 0.259 e. The minimum absolute atomic E-state index is 0.138. The standard InChI is InChI=1S/C15H19ClN4O3S/c1-2-24(21,22)20-9-7-19(8-10-20)11-14-17-15(23-18-14)12-5-3-4-6-13(12)16/h3-6H,2,7-11H2,1H3. The molecule has 1 saturated heterocycles. The zero-order valence-corrected chi connectivity index (χ0v) is 14.9. The van der Waals surface area contributed by atoms with Gasteiger partial charge in [-0.3, -0.25) is 4.90 Å². The Balaban J connectivity index is 1.62. The number of nitrogens with zero attached hydrogens (tertiary/aromatic N) is 4. The van der Waals surface area contributed by atoms with Crippen molar-refractivity contribution in [2.45, 2.75) is 13.5 Å². The molecule has 0 atom stereocenters. The SMILES string of the molecule is CCS(=O)(=O)N1CCN(Cc2noc(-c3ccccc3Cl)n2)CC1. The maximum atomic E-state index is 11.9. The van der Waals surface area contributed by atoms with Crippen molar-refractivity contribution < 1.29 is 12.9 Å². The van der Waals surface area contributed by atoms with Crippen LogP contribution in [0.4, 0.5) is 0 Å². The van der Waals surface area contributed by atoms with E-state index >= 15 is 0 Å². The van der Waals surface area contributed by atoms with Crippen LogP contribution in [0.15, 0.2) is 28.8 Å². The first-order valence-electron chi connectivity index (χ1n) is 7.77. The number of rotatable bonds is 5. The Kier molecular flexibility index (Phi) is 5.19. The van der Waals surface area contributed by atoms with Crippen LogP contribution in [-0.4, -0.2) is 59.7 Å². The Labute approximate surface area is 146 Å². The van der Waals surface area contributed by atoms with Crippen molar-refractivity contribution in [1.82, 2.24) is 19.3 Å². The molecule has 0 spiro atoms. The summed E-state index contributed by atoms with van der Waals surface area (Å²) in [6, 6.07) is 7.30. The quantitative estimate of drug-likeness (QED) is 0.799. The largest absolute Gasteiger partial charge is 0.334 e. The van der Waals surface area contributed by atoms with E-state index in [1.54, 1.807) is 13.0 Å². The summed E-state index contributed by atoms with van der Waals surface area (Å²) in [5.41, 5.74) is 0.705. The van der Waals surface area contributed by atoms with E-state index < -0.39 is 10.0 Å². The maximum Gasteiger partial charge on any atom is 0.259 e. The average molecular weight is 371 g/mol. The molecular weight excluding hydrogens is 352 g/mol. The van der Waals surface area contributed by atoms with Gasteiger partial charge in [0.25, 0.3) is 5.89 Å². The van der Waals surface area contributed by atoms with Gasteiger partial charge in [-0.25, -0.2) is 8.42 Å². The van der Waals surface area contributed by atoms with Gasteiger partial charge in [-0.2, -0.15) is 9.29 Å². The maximum absolute atomic E-state index is 11.9. The normalized spacial score (nSPS) is 17.2. The molecule has 0 unspecified atom stereocenters. The zero-order valence-electron chi connectivity index (χ0n) is 13.4. The molecule has 1 aliphatic heterocycles. The van der Waals surface area contributed by atoms with Crippen LogP contribution in [-0.2, 0) is 16.6 Å². The molecule has 9 heteroatoms. The van der Waals surface area contributed by atoms with E-state index in [0.29, 0.717) is 55.0 Å². The highest BCUT2D eigenvalue weighted by Gasteiger charge is 2.26. The molecule has 1 aromatic carbocycles. The molecule has 3 rings (SSSR count). The third-order valence-electron chi connectivity index (χ3n) is 4.03. The summed E-state index contributed by atoms with van der Waals surface area (Å²) < 4.78 is 30.6. The van der Waals surface area contributed by atoms with Crippen molar-refractivity contribution in [3.8, 4) is 11.5 Å². The van der Waals surface area contributed by atoms with Gasteiger partial charge >= 0.3 is 0 Å². The highest BCUT2D eigenvalue weighted by Crippen LogP contribution is 2.26. The fourth-order valence-corrected chi connectivity index (χ4v) is 3.91. The Bertz CT molecular complexity index is 801. The molecule has 0 saturated carbocycles. The summed E-state index contributed by atoms with van der Waals surface area (Å²) in [6.07, 6.45) is 0. The summed E-state index contributed by atoms with van der Waals surface area (Å²) in [7, 11) is -3.11. The monoisotopic (exact) mass is 370 g/mol. The second-order valence-corrected chi connectivity index (χ2v) is 8.24. The second kappa shape index (κ2) is 7.18. The molecule has 24 heavy (non-hydrogen) atoms. The Morgan fingerprint density at radius 1 is 1.21 bits per heavy atom. The van der Waals surface area contributed by atoms with Gasteiger partial charge in [0, 0.05) is 26.2 Å². The lowest BCUT2D eigenvalue weighted by Crippen LogP contribution is -2.48. The van der Waals surface area contributed by atoms with Gasteiger partial charge in [0.1, 0.15) is 0 Å². The van der Waals surface area contributed by atoms with Gasteiger partial charge in [-0.1, -0.05) is 28.9 Å². The molecule has 7 nitrogen and oxygen atoms in total. The van der Waals surface area contributed by atoms with Crippen LogP contribution in [0, 0.1) is 0 Å². The highest BCUT2D eigenvalue weighted by molar-refractivity contribution is 7.89. The van der Waals surface area contributed by atoms with E-state index in [1.165, 1.54) is 4.31 Å². The van der Waals surface area contributed by atoms with Crippen LogP contribution in [0.25, 0.3) is 11.5 Å². The first-order valence-corrected chi connectivity index (χ1v) is 9.76. The van der Waals surface area contributed by atoms with E-state index in [-0.39, 0.29) is 5.75 Å². The van der Waals surface area contributed by atoms with Gasteiger partial charge in [0.2, 0.25) is 10.0 Å². The fourth-order valence-electron chi connectivity index (χ4n) is 2.61. The Morgan fingerprint density at radius 2 is 1.92 bits per heavy atom. The first-order chi connectivity index (χ1) is 11.5. The van der Waals surface area contributed by atoms with E-state index in [0.717, 1.165) is 0 Å². The molecule has 130 valence electrons. The number of hydrogen-bond donors (Lipinski definition) is 0. The third kappa shape index (κ3) is 3.77. The van der Waals surface area contributed by atoms with Crippen LogP contribution >= 0.6 is 11.6 Å². The number of benzene rings is 1. The minimum Gasteiger partial charge on any atom is -0.334 e. The van der Waals surface area contributed by atoms with E-state index in [4.69, 9.17) is 16.1 Å². The number of piperazine rings is 1. The average Bonchev–Trinajstić information content (AvgIpc) is 3.04. The molecular formula is C15H19ClN4O3S. The van der Waals surface area contributed by atoms with Crippen molar-refractivity contribution in [3.63, 3.8) is 0 Å². The van der Waals surface area contributed by atoms with Crippen LogP contribution in [0.5, 0.6) is 0 Å². The number of aromatic nitrogens is 2. The lowest BCUT2D eigenvalue weighted by molar-refractivity contribution is 0.176. The summed E-state index contributed by atoms with van der Waals surface area (Å²) in [6.45, 7) is 4.46. The molecule has 0 aliphatic carbocycles. The minimum atomic E-state index is -3.11. The van der Waals surface area contributed by atoms with Crippen molar-refractivity contribution in [2.24, 2.45) is 0 Å². The fraction of sp³-hybridized carbons (Fsp3) is 0.467. The summed E-state index contributed by atoms with van der Waals surface area (Å²) >= 11 is 6.13. The molecule has 2 aromatic rings. The van der Waals surface area contributed by atoms with E-state index in [2.05, 4.69) is 15.0 Å². The lowest BCUT2D eigenvalue weighted by Gasteiger charge is -2.32. The van der Waals surface area contributed by atoms with Crippen LogP contribution in [0.3, 0.4) is 0 Å². The van der Waals surface area contributed by atoms with Gasteiger partial charge in [-0.05, 0) is 19.1 Å². The molecule has 2 heterocycles. The van der Waals surface area contributed by atoms with Crippen molar-refractivity contribution in [1.29, 1.82) is 0 Å². The molecule has 1 aromatic heterocycles. The molecule has 1 fully saturated rings. The van der Waals surface area contributed by atoms with Gasteiger partial charge in [0.15, 0.2) is 5.82 Å². The van der Waals surface area contributed by atoms with Crippen LogP contribution < -0.4 is 0 Å². The predicted molar refractivity (Wildman–Crippen MR) is 91.1 cm³/mol. The summed E-state index contributed by atoms with van der Waals surface area (Å²) in [5.74, 6) is 1.10.